The van der Waals surface area contributed by atoms with Gasteiger partial charge in [0, 0.05) is 26.0 Å². The highest BCUT2D eigenvalue weighted by atomic mass is 19.4. The van der Waals surface area contributed by atoms with E-state index in [2.05, 4.69) is 26.5 Å². The summed E-state index contributed by atoms with van der Waals surface area (Å²) in [4.78, 5) is 21.9. The van der Waals surface area contributed by atoms with Gasteiger partial charge in [0.15, 0.2) is 17.1 Å². The molecule has 222 valence electrons. The molecule has 0 aliphatic carbocycles. The molecule has 11 nitrogen and oxygen atoms in total. The van der Waals surface area contributed by atoms with Crippen molar-refractivity contribution in [2.24, 2.45) is 7.05 Å². The van der Waals surface area contributed by atoms with Crippen molar-refractivity contribution in [2.75, 3.05) is 11.9 Å². The number of fused-ring (bicyclic) bond motifs is 2. The maximum atomic E-state index is 13.8. The van der Waals surface area contributed by atoms with Crippen molar-refractivity contribution in [2.45, 2.75) is 19.3 Å². The van der Waals surface area contributed by atoms with Gasteiger partial charge in [0.1, 0.15) is 28.4 Å². The van der Waals surface area contributed by atoms with Crippen molar-refractivity contribution in [3.63, 3.8) is 0 Å². The number of halogens is 3. The topological polar surface area (TPSA) is 124 Å². The molecule has 0 fully saturated rings. The minimum atomic E-state index is -4.72. The first-order chi connectivity index (χ1) is 21.2. The SMILES string of the molecule is Cn1c(Nc2cc(C(F)(F)F)cn(CCOCc3ccccc3)c2=O)nc2ncc(Oc3cnn4ccccc34)c(C#N)c21. The summed E-state index contributed by atoms with van der Waals surface area (Å²) in [5.41, 5.74) is -0.0694. The minimum absolute atomic E-state index is 0.000403. The number of alkyl halides is 3. The van der Waals surface area contributed by atoms with Crippen LogP contribution in [0, 0.1) is 11.3 Å². The Balaban J connectivity index is 1.30. The average Bonchev–Trinajstić information content (AvgIpc) is 3.57. The van der Waals surface area contributed by atoms with Crippen LogP contribution in [-0.4, -0.2) is 35.3 Å². The van der Waals surface area contributed by atoms with E-state index >= 15 is 0 Å². The average molecular weight is 601 g/mol. The van der Waals surface area contributed by atoms with Crippen molar-refractivity contribution in [3.05, 3.63) is 106 Å². The van der Waals surface area contributed by atoms with Gasteiger partial charge in [-0.3, -0.25) is 4.79 Å². The Labute approximate surface area is 247 Å². The summed E-state index contributed by atoms with van der Waals surface area (Å²) in [7, 11) is 1.54. The number of pyridine rings is 3. The minimum Gasteiger partial charge on any atom is -0.450 e. The first-order valence-corrected chi connectivity index (χ1v) is 13.3. The lowest BCUT2D eigenvalue weighted by atomic mass is 10.2. The fourth-order valence-corrected chi connectivity index (χ4v) is 4.65. The van der Waals surface area contributed by atoms with Gasteiger partial charge in [0.2, 0.25) is 5.95 Å². The van der Waals surface area contributed by atoms with Crippen LogP contribution in [-0.2, 0) is 31.1 Å². The van der Waals surface area contributed by atoms with Crippen LogP contribution in [0.3, 0.4) is 0 Å². The Bertz CT molecular complexity index is 2080. The maximum Gasteiger partial charge on any atom is 0.417 e. The molecule has 6 aromatic rings. The van der Waals surface area contributed by atoms with Crippen LogP contribution in [0.1, 0.15) is 16.7 Å². The summed E-state index contributed by atoms with van der Waals surface area (Å²) in [5.74, 6) is 0.520. The fourth-order valence-electron chi connectivity index (χ4n) is 4.65. The van der Waals surface area contributed by atoms with Crippen LogP contribution in [0.25, 0.3) is 16.7 Å². The van der Waals surface area contributed by atoms with E-state index in [1.807, 2.05) is 36.4 Å². The third-order valence-electron chi connectivity index (χ3n) is 6.83. The Kier molecular flexibility index (Phi) is 7.46. The van der Waals surface area contributed by atoms with E-state index in [-0.39, 0.29) is 53.9 Å². The molecule has 14 heteroatoms. The number of imidazole rings is 1. The van der Waals surface area contributed by atoms with Gasteiger partial charge >= 0.3 is 6.18 Å². The van der Waals surface area contributed by atoms with Gasteiger partial charge in [-0.2, -0.15) is 28.5 Å². The van der Waals surface area contributed by atoms with Crippen molar-refractivity contribution >= 4 is 28.3 Å². The summed E-state index contributed by atoms with van der Waals surface area (Å²) in [6.45, 7) is 0.140. The van der Waals surface area contributed by atoms with Crippen molar-refractivity contribution < 1.29 is 22.6 Å². The number of nitrogens with one attached hydrogen (secondary N) is 1. The van der Waals surface area contributed by atoms with E-state index in [1.54, 1.807) is 29.9 Å². The number of aryl methyl sites for hydroxylation is 1. The molecule has 0 saturated heterocycles. The Morgan fingerprint density at radius 3 is 2.64 bits per heavy atom. The summed E-state index contributed by atoms with van der Waals surface area (Å²) in [6.07, 6.45) is 0.614. The molecule has 0 spiro atoms. The zero-order chi connectivity index (χ0) is 30.8. The molecule has 5 aromatic heterocycles. The second-order valence-electron chi connectivity index (χ2n) is 9.72. The molecule has 0 bridgehead atoms. The second-order valence-corrected chi connectivity index (χ2v) is 9.72. The van der Waals surface area contributed by atoms with Gasteiger partial charge in [0.25, 0.3) is 5.56 Å². The number of hydrogen-bond acceptors (Lipinski definition) is 8. The molecular weight excluding hydrogens is 577 g/mol. The molecular formula is C30H23F3N8O3. The molecule has 0 saturated carbocycles. The van der Waals surface area contributed by atoms with Gasteiger partial charge in [-0.15, -0.1) is 0 Å². The Morgan fingerprint density at radius 2 is 1.86 bits per heavy atom. The molecule has 1 aromatic carbocycles. The molecule has 5 heterocycles. The molecule has 0 atom stereocenters. The number of nitriles is 1. The predicted molar refractivity (Wildman–Crippen MR) is 154 cm³/mol. The molecule has 44 heavy (non-hydrogen) atoms. The predicted octanol–water partition coefficient (Wildman–Crippen LogP) is 5.42. The summed E-state index contributed by atoms with van der Waals surface area (Å²) >= 11 is 0. The van der Waals surface area contributed by atoms with Gasteiger partial charge in [-0.1, -0.05) is 36.4 Å². The third kappa shape index (κ3) is 5.55. The van der Waals surface area contributed by atoms with Crippen LogP contribution in [0.5, 0.6) is 11.5 Å². The van der Waals surface area contributed by atoms with Crippen LogP contribution in [0.15, 0.2) is 84.2 Å². The van der Waals surface area contributed by atoms with Gasteiger partial charge in [0.05, 0.1) is 31.2 Å². The number of benzene rings is 1. The first-order valence-electron chi connectivity index (χ1n) is 13.3. The molecule has 0 radical (unpaired) electrons. The van der Waals surface area contributed by atoms with Crippen LogP contribution in [0.2, 0.25) is 0 Å². The second kappa shape index (κ2) is 11.5. The van der Waals surface area contributed by atoms with E-state index in [9.17, 15) is 23.2 Å². The zero-order valence-corrected chi connectivity index (χ0v) is 23.1. The summed E-state index contributed by atoms with van der Waals surface area (Å²) in [6, 6.07) is 17.5. The normalized spacial score (nSPS) is 11.6. The fraction of sp³-hybridized carbons (Fsp3) is 0.167. The zero-order valence-electron chi connectivity index (χ0n) is 23.1. The van der Waals surface area contributed by atoms with Gasteiger partial charge in [-0.25, -0.2) is 9.50 Å². The van der Waals surface area contributed by atoms with E-state index < -0.39 is 17.3 Å². The number of rotatable bonds is 9. The van der Waals surface area contributed by atoms with Gasteiger partial charge < -0.3 is 23.9 Å². The summed E-state index contributed by atoms with van der Waals surface area (Å²) < 4.78 is 57.0. The van der Waals surface area contributed by atoms with Crippen LogP contribution < -0.4 is 15.6 Å². The Hall–Kier alpha value is -5.68. The van der Waals surface area contributed by atoms with Crippen molar-refractivity contribution in [3.8, 4) is 17.6 Å². The lowest BCUT2D eigenvalue weighted by Crippen LogP contribution is -2.26. The number of ether oxygens (including phenoxy) is 2. The Morgan fingerprint density at radius 1 is 1.07 bits per heavy atom. The molecule has 1 N–H and O–H groups in total. The molecule has 6 rings (SSSR count). The monoisotopic (exact) mass is 600 g/mol. The van der Waals surface area contributed by atoms with Crippen molar-refractivity contribution in [1.82, 2.24) is 28.7 Å². The smallest absolute Gasteiger partial charge is 0.417 e. The lowest BCUT2D eigenvalue weighted by molar-refractivity contribution is -0.138. The molecule has 0 aliphatic heterocycles. The summed E-state index contributed by atoms with van der Waals surface area (Å²) in [5, 5.41) is 17.0. The highest BCUT2D eigenvalue weighted by Crippen LogP contribution is 2.34. The largest absolute Gasteiger partial charge is 0.450 e. The molecule has 0 unspecified atom stereocenters. The van der Waals surface area contributed by atoms with E-state index in [1.165, 1.54) is 17.0 Å². The number of aromatic nitrogens is 6. The highest BCUT2D eigenvalue weighted by Gasteiger charge is 2.32. The maximum absolute atomic E-state index is 13.8. The molecule has 0 amide bonds. The standard InChI is InChI=1S/C30H23F3N8O3/c1-39-26-21(14-34)24(44-25-16-36-41-10-6-5-9-23(25)41)15-35-27(26)38-29(39)37-22-13-20(30(31,32)33)17-40(28(22)42)11-12-43-18-19-7-3-2-4-8-19/h2-10,13,15-17H,11-12,18H2,1H3,(H,35,37,38). The van der Waals surface area contributed by atoms with E-state index in [0.717, 1.165) is 22.4 Å². The van der Waals surface area contributed by atoms with Crippen LogP contribution in [0.4, 0.5) is 24.8 Å². The lowest BCUT2D eigenvalue weighted by Gasteiger charge is -2.15. The first kappa shape index (κ1) is 28.4. The third-order valence-corrected chi connectivity index (χ3v) is 6.83. The molecule has 0 aliphatic rings. The number of anilines is 2. The quantitative estimate of drug-likeness (QED) is 0.218. The number of nitrogens with zero attached hydrogens (tertiary/aromatic N) is 7. The highest BCUT2D eigenvalue weighted by molar-refractivity contribution is 5.84. The van der Waals surface area contributed by atoms with Crippen LogP contribution >= 0.6 is 0 Å². The number of hydrogen-bond donors (Lipinski definition) is 1. The van der Waals surface area contributed by atoms with E-state index in [0.29, 0.717) is 11.3 Å². The van der Waals surface area contributed by atoms with Gasteiger partial charge in [-0.05, 0) is 23.8 Å². The van der Waals surface area contributed by atoms with Crippen molar-refractivity contribution in [1.29, 1.82) is 5.26 Å². The van der Waals surface area contributed by atoms with E-state index in [4.69, 9.17) is 9.47 Å².